The predicted molar refractivity (Wildman–Crippen MR) is 77.0 cm³/mol. The molecule has 1 rings (SSSR count). The second-order valence-corrected chi connectivity index (χ2v) is 4.87. The molecule has 1 aromatic rings. The highest BCUT2D eigenvalue weighted by Crippen LogP contribution is 2.21. The van der Waals surface area contributed by atoms with Crippen molar-refractivity contribution in [3.63, 3.8) is 0 Å². The van der Waals surface area contributed by atoms with Crippen molar-refractivity contribution in [3.8, 4) is 6.07 Å². The summed E-state index contributed by atoms with van der Waals surface area (Å²) in [6, 6.07) is 8.40. The predicted octanol–water partition coefficient (Wildman–Crippen LogP) is 2.64. The molecule has 0 aromatic heterocycles. The van der Waals surface area contributed by atoms with E-state index in [9.17, 15) is 5.26 Å². The van der Waals surface area contributed by atoms with E-state index in [0.717, 1.165) is 42.9 Å². The number of aryl methyl sites for hydroxylation is 1. The molecule has 18 heavy (non-hydrogen) atoms. The summed E-state index contributed by atoms with van der Waals surface area (Å²) in [5.41, 5.74) is 2.98. The largest absolute Gasteiger partial charge is 0.371 e. The van der Waals surface area contributed by atoms with Crippen LogP contribution in [0.25, 0.3) is 0 Å². The lowest BCUT2D eigenvalue weighted by Crippen LogP contribution is -2.27. The van der Waals surface area contributed by atoms with Gasteiger partial charge in [0.1, 0.15) is 6.07 Å². The fourth-order valence-corrected chi connectivity index (χ4v) is 2.04. The first-order chi connectivity index (χ1) is 8.58. The smallest absolute Gasteiger partial charge is 0.101 e. The monoisotopic (exact) mass is 245 g/mol. The minimum absolute atomic E-state index is 0.779. The van der Waals surface area contributed by atoms with Gasteiger partial charge in [0, 0.05) is 13.1 Å². The van der Waals surface area contributed by atoms with Gasteiger partial charge in [0.2, 0.25) is 0 Å². The summed E-state index contributed by atoms with van der Waals surface area (Å²) in [6.45, 7) is 7.16. The molecule has 1 aromatic carbocycles. The third-order valence-electron chi connectivity index (χ3n) is 3.03. The molecule has 3 nitrogen and oxygen atoms in total. The molecule has 0 fully saturated rings. The number of nitrogens with zero attached hydrogens (tertiary/aromatic N) is 3. The van der Waals surface area contributed by atoms with Gasteiger partial charge in [0.15, 0.2) is 0 Å². The van der Waals surface area contributed by atoms with E-state index < -0.39 is 0 Å². The molecule has 0 amide bonds. The lowest BCUT2D eigenvalue weighted by Gasteiger charge is -2.25. The summed E-state index contributed by atoms with van der Waals surface area (Å²) in [6.07, 6.45) is 1.11. The summed E-state index contributed by atoms with van der Waals surface area (Å²) >= 11 is 0. The third kappa shape index (κ3) is 4.05. The van der Waals surface area contributed by atoms with Gasteiger partial charge in [-0.2, -0.15) is 5.26 Å². The van der Waals surface area contributed by atoms with Crippen molar-refractivity contribution in [2.24, 2.45) is 0 Å². The topological polar surface area (TPSA) is 30.3 Å². The van der Waals surface area contributed by atoms with Gasteiger partial charge in [-0.1, -0.05) is 6.07 Å². The molecular formula is C15H23N3. The van der Waals surface area contributed by atoms with Gasteiger partial charge < -0.3 is 9.80 Å². The molecule has 3 heteroatoms. The maximum Gasteiger partial charge on any atom is 0.101 e. The Morgan fingerprint density at radius 1 is 1.22 bits per heavy atom. The molecule has 0 saturated carbocycles. The minimum atomic E-state index is 0.779. The van der Waals surface area contributed by atoms with E-state index in [1.165, 1.54) is 0 Å². The fraction of sp³-hybridized carbons (Fsp3) is 0.533. The molecule has 0 saturated heterocycles. The standard InChI is InChI=1S/C15H23N3/c1-5-18(10-6-9-17(3)4)15-8-7-13(2)11-14(15)12-16/h7-8,11H,5-6,9-10H2,1-4H3. The average Bonchev–Trinajstić information content (AvgIpc) is 2.34. The van der Waals surface area contributed by atoms with E-state index in [1.54, 1.807) is 0 Å². The number of nitriles is 1. The number of rotatable bonds is 6. The molecular weight excluding hydrogens is 222 g/mol. The summed E-state index contributed by atoms with van der Waals surface area (Å²) in [5.74, 6) is 0. The number of hydrogen-bond acceptors (Lipinski definition) is 3. The van der Waals surface area contributed by atoms with E-state index in [2.05, 4.69) is 49.0 Å². The Morgan fingerprint density at radius 3 is 2.50 bits per heavy atom. The van der Waals surface area contributed by atoms with Crippen molar-refractivity contribution < 1.29 is 0 Å². The number of hydrogen-bond donors (Lipinski definition) is 0. The van der Waals surface area contributed by atoms with Gasteiger partial charge in [-0.05, 0) is 58.6 Å². The maximum absolute atomic E-state index is 9.22. The van der Waals surface area contributed by atoms with Crippen LogP contribution in [-0.2, 0) is 0 Å². The lowest BCUT2D eigenvalue weighted by molar-refractivity contribution is 0.400. The summed E-state index contributed by atoms with van der Waals surface area (Å²) < 4.78 is 0. The van der Waals surface area contributed by atoms with Crippen LogP contribution < -0.4 is 4.90 Å². The molecule has 0 N–H and O–H groups in total. The first-order valence-electron chi connectivity index (χ1n) is 6.49. The molecule has 0 radical (unpaired) electrons. The molecule has 98 valence electrons. The van der Waals surface area contributed by atoms with E-state index in [4.69, 9.17) is 0 Å². The Labute approximate surface area is 111 Å². The quantitative estimate of drug-likeness (QED) is 0.772. The maximum atomic E-state index is 9.22. The van der Waals surface area contributed by atoms with Crippen molar-refractivity contribution in [1.82, 2.24) is 4.90 Å². The van der Waals surface area contributed by atoms with Gasteiger partial charge >= 0.3 is 0 Å². The van der Waals surface area contributed by atoms with Crippen LogP contribution in [0.1, 0.15) is 24.5 Å². The van der Waals surface area contributed by atoms with Gasteiger partial charge in [-0.15, -0.1) is 0 Å². The number of anilines is 1. The molecule has 0 unspecified atom stereocenters. The second kappa shape index (κ2) is 7.03. The van der Waals surface area contributed by atoms with Crippen LogP contribution in [0.2, 0.25) is 0 Å². The summed E-state index contributed by atoms with van der Waals surface area (Å²) in [5, 5.41) is 9.22. The van der Waals surface area contributed by atoms with E-state index in [-0.39, 0.29) is 0 Å². The van der Waals surface area contributed by atoms with Crippen molar-refractivity contribution in [2.75, 3.05) is 38.6 Å². The molecule has 0 heterocycles. The third-order valence-corrected chi connectivity index (χ3v) is 3.03. The zero-order valence-electron chi connectivity index (χ0n) is 11.9. The van der Waals surface area contributed by atoms with Crippen LogP contribution >= 0.6 is 0 Å². The highest BCUT2D eigenvalue weighted by molar-refractivity contribution is 5.60. The molecule has 0 aliphatic carbocycles. The Balaban J connectivity index is 2.79. The van der Waals surface area contributed by atoms with E-state index >= 15 is 0 Å². The van der Waals surface area contributed by atoms with Gasteiger partial charge in [0.25, 0.3) is 0 Å². The van der Waals surface area contributed by atoms with E-state index in [1.807, 2.05) is 13.0 Å². The molecule has 0 bridgehead atoms. The van der Waals surface area contributed by atoms with Crippen molar-refractivity contribution in [2.45, 2.75) is 20.3 Å². The van der Waals surface area contributed by atoms with Crippen LogP contribution in [0.3, 0.4) is 0 Å². The van der Waals surface area contributed by atoms with Gasteiger partial charge in [0.05, 0.1) is 11.3 Å². The SMILES string of the molecule is CCN(CCCN(C)C)c1ccc(C)cc1C#N. The Morgan fingerprint density at radius 2 is 1.94 bits per heavy atom. The van der Waals surface area contributed by atoms with Gasteiger partial charge in [-0.25, -0.2) is 0 Å². The van der Waals surface area contributed by atoms with E-state index in [0.29, 0.717) is 0 Å². The Hall–Kier alpha value is -1.53. The first-order valence-corrected chi connectivity index (χ1v) is 6.49. The number of benzene rings is 1. The van der Waals surface area contributed by atoms with Crippen LogP contribution in [0.5, 0.6) is 0 Å². The highest BCUT2D eigenvalue weighted by Gasteiger charge is 2.09. The summed E-state index contributed by atoms with van der Waals surface area (Å²) in [7, 11) is 4.17. The van der Waals surface area contributed by atoms with Crippen LogP contribution in [0, 0.1) is 18.3 Å². The average molecular weight is 245 g/mol. The van der Waals surface area contributed by atoms with Crippen molar-refractivity contribution in [3.05, 3.63) is 29.3 Å². The normalized spacial score (nSPS) is 10.4. The highest BCUT2D eigenvalue weighted by atomic mass is 15.1. The first kappa shape index (κ1) is 14.5. The van der Waals surface area contributed by atoms with Crippen LogP contribution in [0.4, 0.5) is 5.69 Å². The molecule has 0 spiro atoms. The van der Waals surface area contributed by atoms with Crippen LogP contribution in [-0.4, -0.2) is 38.6 Å². The molecule has 0 aliphatic heterocycles. The van der Waals surface area contributed by atoms with Crippen molar-refractivity contribution in [1.29, 1.82) is 5.26 Å². The van der Waals surface area contributed by atoms with Crippen molar-refractivity contribution >= 4 is 5.69 Å². The van der Waals surface area contributed by atoms with Crippen LogP contribution in [0.15, 0.2) is 18.2 Å². The zero-order chi connectivity index (χ0) is 13.5. The minimum Gasteiger partial charge on any atom is -0.371 e. The summed E-state index contributed by atoms with van der Waals surface area (Å²) in [4.78, 5) is 4.47. The zero-order valence-corrected chi connectivity index (χ0v) is 11.9. The Kier molecular flexibility index (Phi) is 5.67. The molecule has 0 atom stereocenters. The molecule has 0 aliphatic rings. The lowest BCUT2D eigenvalue weighted by atomic mass is 10.1. The van der Waals surface area contributed by atoms with Gasteiger partial charge in [-0.3, -0.25) is 0 Å². The Bertz CT molecular complexity index is 418. The second-order valence-electron chi connectivity index (χ2n) is 4.87. The fourth-order valence-electron chi connectivity index (χ4n) is 2.04.